The van der Waals surface area contributed by atoms with Gasteiger partial charge < -0.3 is 5.11 Å². The first-order valence-electron chi connectivity index (χ1n) is 8.02. The summed E-state index contributed by atoms with van der Waals surface area (Å²) in [5, 5.41) is 8.61. The smallest absolute Gasteiger partial charge is 0.303 e. The zero-order valence-electron chi connectivity index (χ0n) is 12.7. The predicted octanol–water partition coefficient (Wildman–Crippen LogP) is 5.00. The first-order chi connectivity index (χ1) is 9.74. The lowest BCUT2D eigenvalue weighted by atomic mass is 9.97. The van der Waals surface area contributed by atoms with Gasteiger partial charge in [-0.25, -0.2) is 0 Å². The van der Waals surface area contributed by atoms with Crippen LogP contribution in [0.4, 0.5) is 0 Å². The summed E-state index contributed by atoms with van der Waals surface area (Å²) in [5.74, 6) is -0.679. The van der Waals surface area contributed by atoms with Gasteiger partial charge in [-0.2, -0.15) is 0 Å². The van der Waals surface area contributed by atoms with Gasteiger partial charge >= 0.3 is 5.97 Å². The van der Waals surface area contributed by atoms with E-state index in [1.165, 1.54) is 43.2 Å². The van der Waals surface area contributed by atoms with E-state index in [4.69, 9.17) is 5.11 Å². The normalized spacial score (nSPS) is 10.7. The van der Waals surface area contributed by atoms with Crippen molar-refractivity contribution in [2.75, 3.05) is 0 Å². The van der Waals surface area contributed by atoms with Crippen molar-refractivity contribution < 1.29 is 9.90 Å². The number of carboxylic acids is 1. The summed E-state index contributed by atoms with van der Waals surface area (Å²) in [5.41, 5.74) is 2.95. The lowest BCUT2D eigenvalue weighted by molar-refractivity contribution is -0.137. The molecule has 0 amide bonds. The molecule has 0 radical (unpaired) electrons. The Kier molecular flexibility index (Phi) is 8.77. The number of benzene rings is 1. The number of rotatable bonds is 11. The molecule has 0 bridgehead atoms. The second-order valence-electron chi connectivity index (χ2n) is 5.53. The van der Waals surface area contributed by atoms with E-state index in [-0.39, 0.29) is 0 Å². The predicted molar refractivity (Wildman–Crippen MR) is 84.1 cm³/mol. The lowest BCUT2D eigenvalue weighted by Crippen LogP contribution is -1.97. The number of carbonyl (C=O) groups is 1. The minimum Gasteiger partial charge on any atom is -0.481 e. The molecule has 2 nitrogen and oxygen atoms in total. The average Bonchev–Trinajstić information content (AvgIpc) is 2.44. The van der Waals surface area contributed by atoms with E-state index in [0.29, 0.717) is 6.42 Å². The summed E-state index contributed by atoms with van der Waals surface area (Å²) in [6.07, 6.45) is 10.7. The number of carboxylic acid groups (broad SMARTS) is 1. The Morgan fingerprint density at radius 1 is 0.900 bits per heavy atom. The second-order valence-corrected chi connectivity index (χ2v) is 5.53. The van der Waals surface area contributed by atoms with Gasteiger partial charge in [0.15, 0.2) is 0 Å². The topological polar surface area (TPSA) is 37.3 Å². The molecule has 112 valence electrons. The summed E-state index contributed by atoms with van der Waals surface area (Å²) in [6, 6.07) is 8.72. The molecule has 0 aliphatic carbocycles. The largest absolute Gasteiger partial charge is 0.481 e. The molecule has 0 unspecified atom stereocenters. The van der Waals surface area contributed by atoms with Crippen LogP contribution in [0.25, 0.3) is 0 Å². The highest BCUT2D eigenvalue weighted by Gasteiger charge is 2.02. The van der Waals surface area contributed by atoms with Crippen molar-refractivity contribution in [2.24, 2.45) is 0 Å². The molecule has 0 saturated heterocycles. The van der Waals surface area contributed by atoms with Gasteiger partial charge in [-0.05, 0) is 43.2 Å². The van der Waals surface area contributed by atoms with Crippen molar-refractivity contribution >= 4 is 5.97 Å². The molecule has 1 rings (SSSR count). The highest BCUT2D eigenvalue weighted by molar-refractivity contribution is 5.66. The number of hydrogen-bond donors (Lipinski definition) is 1. The van der Waals surface area contributed by atoms with Crippen LogP contribution in [-0.4, -0.2) is 11.1 Å². The highest BCUT2D eigenvalue weighted by Crippen LogP contribution is 2.16. The molecule has 0 aliphatic rings. The molecule has 0 atom stereocenters. The Morgan fingerprint density at radius 2 is 1.45 bits per heavy atom. The summed E-state index contributed by atoms with van der Waals surface area (Å²) >= 11 is 0. The van der Waals surface area contributed by atoms with Gasteiger partial charge in [0.2, 0.25) is 0 Å². The Bertz CT molecular complexity index is 385. The maximum absolute atomic E-state index is 10.5. The first-order valence-corrected chi connectivity index (χ1v) is 8.02. The van der Waals surface area contributed by atoms with Crippen LogP contribution in [0, 0.1) is 0 Å². The monoisotopic (exact) mass is 276 g/mol. The van der Waals surface area contributed by atoms with Gasteiger partial charge in [-0.1, -0.05) is 56.9 Å². The SMILES string of the molecule is CCCCCCc1ccccc1CCCCCC(=O)O. The van der Waals surface area contributed by atoms with Gasteiger partial charge in [-0.3, -0.25) is 4.79 Å². The molecule has 2 heteroatoms. The van der Waals surface area contributed by atoms with E-state index in [2.05, 4.69) is 31.2 Å². The molecule has 0 aromatic heterocycles. The second kappa shape index (κ2) is 10.5. The quantitative estimate of drug-likeness (QED) is 0.578. The fraction of sp³-hybridized carbons (Fsp3) is 0.611. The number of aliphatic carboxylic acids is 1. The maximum Gasteiger partial charge on any atom is 0.303 e. The molecule has 20 heavy (non-hydrogen) atoms. The lowest BCUT2D eigenvalue weighted by Gasteiger charge is -2.09. The molecule has 0 fully saturated rings. The summed E-state index contributed by atoms with van der Waals surface area (Å²) in [4.78, 5) is 10.5. The third-order valence-corrected chi connectivity index (χ3v) is 3.75. The highest BCUT2D eigenvalue weighted by atomic mass is 16.4. The minimum atomic E-state index is -0.679. The van der Waals surface area contributed by atoms with E-state index in [1.807, 2.05) is 0 Å². The van der Waals surface area contributed by atoms with Gasteiger partial charge in [-0.15, -0.1) is 0 Å². The van der Waals surface area contributed by atoms with Crippen LogP contribution in [0.5, 0.6) is 0 Å². The molecular formula is C18H28O2. The Morgan fingerprint density at radius 3 is 1.95 bits per heavy atom. The Labute approximate surface area is 123 Å². The molecule has 0 heterocycles. The van der Waals surface area contributed by atoms with E-state index >= 15 is 0 Å². The number of unbranched alkanes of at least 4 members (excludes halogenated alkanes) is 5. The summed E-state index contributed by atoms with van der Waals surface area (Å²) in [6.45, 7) is 2.24. The van der Waals surface area contributed by atoms with Gasteiger partial charge in [0.25, 0.3) is 0 Å². The third kappa shape index (κ3) is 7.32. The van der Waals surface area contributed by atoms with Crippen LogP contribution in [0.1, 0.15) is 69.4 Å². The van der Waals surface area contributed by atoms with Crippen molar-refractivity contribution in [2.45, 2.75) is 71.1 Å². The van der Waals surface area contributed by atoms with Crippen LogP contribution in [0.15, 0.2) is 24.3 Å². The Balaban J connectivity index is 2.31. The van der Waals surface area contributed by atoms with Crippen molar-refractivity contribution in [1.29, 1.82) is 0 Å². The van der Waals surface area contributed by atoms with Crippen LogP contribution < -0.4 is 0 Å². The van der Waals surface area contributed by atoms with Crippen molar-refractivity contribution in [3.63, 3.8) is 0 Å². The van der Waals surface area contributed by atoms with Gasteiger partial charge in [0.1, 0.15) is 0 Å². The van der Waals surface area contributed by atoms with Gasteiger partial charge in [0.05, 0.1) is 0 Å². The van der Waals surface area contributed by atoms with E-state index in [9.17, 15) is 4.79 Å². The van der Waals surface area contributed by atoms with Crippen LogP contribution in [0.2, 0.25) is 0 Å². The van der Waals surface area contributed by atoms with E-state index in [1.54, 1.807) is 0 Å². The summed E-state index contributed by atoms with van der Waals surface area (Å²) in [7, 11) is 0. The zero-order valence-corrected chi connectivity index (χ0v) is 12.7. The van der Waals surface area contributed by atoms with Gasteiger partial charge in [0, 0.05) is 6.42 Å². The van der Waals surface area contributed by atoms with Crippen molar-refractivity contribution in [3.8, 4) is 0 Å². The number of hydrogen-bond acceptors (Lipinski definition) is 1. The van der Waals surface area contributed by atoms with E-state index in [0.717, 1.165) is 25.7 Å². The Hall–Kier alpha value is -1.31. The first kappa shape index (κ1) is 16.7. The minimum absolute atomic E-state index is 0.304. The average molecular weight is 276 g/mol. The van der Waals surface area contributed by atoms with Crippen molar-refractivity contribution in [3.05, 3.63) is 35.4 Å². The molecular weight excluding hydrogens is 248 g/mol. The summed E-state index contributed by atoms with van der Waals surface area (Å²) < 4.78 is 0. The van der Waals surface area contributed by atoms with Crippen LogP contribution in [-0.2, 0) is 17.6 Å². The zero-order chi connectivity index (χ0) is 14.6. The third-order valence-electron chi connectivity index (χ3n) is 3.75. The standard InChI is InChI=1S/C18H28O2/c1-2-3-4-6-11-16-13-9-10-14-17(16)12-7-5-8-15-18(19)20/h9-10,13-14H,2-8,11-12,15H2,1H3,(H,19,20). The molecule has 0 aliphatic heterocycles. The molecule has 1 aromatic rings. The molecule has 1 aromatic carbocycles. The molecule has 1 N–H and O–H groups in total. The molecule has 0 saturated carbocycles. The number of aryl methyl sites for hydroxylation is 2. The van der Waals surface area contributed by atoms with Crippen LogP contribution in [0.3, 0.4) is 0 Å². The van der Waals surface area contributed by atoms with Crippen LogP contribution >= 0.6 is 0 Å². The van der Waals surface area contributed by atoms with E-state index < -0.39 is 5.97 Å². The van der Waals surface area contributed by atoms with Crippen molar-refractivity contribution in [1.82, 2.24) is 0 Å². The fourth-order valence-corrected chi connectivity index (χ4v) is 2.56. The fourth-order valence-electron chi connectivity index (χ4n) is 2.56. The molecule has 0 spiro atoms. The maximum atomic E-state index is 10.5.